The number of rotatable bonds is 5. The predicted octanol–water partition coefficient (Wildman–Crippen LogP) is 1.88. The number of benzene rings is 2. The van der Waals surface area contributed by atoms with E-state index in [1.54, 1.807) is 37.3 Å². The smallest absolute Gasteiger partial charge is 0.316 e. The van der Waals surface area contributed by atoms with Crippen molar-refractivity contribution in [3.63, 3.8) is 0 Å². The molecule has 2 N–H and O–H groups in total. The fraction of sp³-hybridized carbons (Fsp3) is 0.304. The summed E-state index contributed by atoms with van der Waals surface area (Å²) in [5.41, 5.74) is 1.48. The SMILES string of the molecule is CCn1c(=O)c(=O)[nH]c2cc(C(=O)NCc3cccc(C(=O)N4CCCC4)c3)ccc21. The molecule has 0 unspecified atom stereocenters. The monoisotopic (exact) mass is 420 g/mol. The number of H-pyrrole nitrogens is 1. The number of aryl methyl sites for hydroxylation is 1. The number of carbonyl (C=O) groups is 2. The van der Waals surface area contributed by atoms with Crippen LogP contribution in [0.5, 0.6) is 0 Å². The number of carbonyl (C=O) groups excluding carboxylic acids is 2. The molecule has 31 heavy (non-hydrogen) atoms. The van der Waals surface area contributed by atoms with E-state index in [0.717, 1.165) is 31.5 Å². The summed E-state index contributed by atoms with van der Waals surface area (Å²) in [6.07, 6.45) is 2.07. The summed E-state index contributed by atoms with van der Waals surface area (Å²) in [6, 6.07) is 12.1. The third-order valence-electron chi connectivity index (χ3n) is 5.57. The Hall–Kier alpha value is -3.68. The molecule has 2 amide bonds. The summed E-state index contributed by atoms with van der Waals surface area (Å²) in [4.78, 5) is 53.4. The molecule has 8 heteroatoms. The van der Waals surface area contributed by atoms with Gasteiger partial charge in [-0.3, -0.25) is 19.2 Å². The molecule has 0 bridgehead atoms. The van der Waals surface area contributed by atoms with Crippen LogP contribution in [0.25, 0.3) is 11.0 Å². The standard InChI is InChI=1S/C23H24N4O4/c1-2-27-19-9-8-16(13-18(19)25-21(29)23(27)31)20(28)24-14-15-6-5-7-17(12-15)22(30)26-10-3-4-11-26/h5-9,12-13H,2-4,10-11,14H2,1H3,(H,24,28)(H,25,29). The Balaban J connectivity index is 1.50. The lowest BCUT2D eigenvalue weighted by Gasteiger charge is -2.15. The van der Waals surface area contributed by atoms with Crippen LogP contribution < -0.4 is 16.4 Å². The van der Waals surface area contributed by atoms with Crippen molar-refractivity contribution in [1.82, 2.24) is 19.8 Å². The third-order valence-corrected chi connectivity index (χ3v) is 5.57. The molecule has 1 fully saturated rings. The first-order valence-electron chi connectivity index (χ1n) is 10.4. The molecular formula is C23H24N4O4. The van der Waals surface area contributed by atoms with Gasteiger partial charge in [-0.25, -0.2) is 0 Å². The van der Waals surface area contributed by atoms with Crippen molar-refractivity contribution < 1.29 is 9.59 Å². The van der Waals surface area contributed by atoms with Gasteiger partial charge in [0.15, 0.2) is 0 Å². The Bertz CT molecular complexity index is 1270. The largest absolute Gasteiger partial charge is 0.348 e. The number of amides is 2. The number of aromatic amines is 1. The molecule has 2 heterocycles. The molecule has 2 aromatic carbocycles. The van der Waals surface area contributed by atoms with Gasteiger partial charge in [-0.2, -0.15) is 0 Å². The van der Waals surface area contributed by atoms with Gasteiger partial charge < -0.3 is 19.8 Å². The van der Waals surface area contributed by atoms with E-state index in [1.807, 2.05) is 17.0 Å². The van der Waals surface area contributed by atoms with Crippen LogP contribution in [0, 0.1) is 0 Å². The second kappa shape index (κ2) is 8.59. The lowest BCUT2D eigenvalue weighted by Crippen LogP contribution is -2.36. The third kappa shape index (κ3) is 4.14. The molecule has 1 aliphatic heterocycles. The molecule has 0 atom stereocenters. The summed E-state index contributed by atoms with van der Waals surface area (Å²) in [5.74, 6) is -0.292. The molecule has 0 aliphatic carbocycles. The number of nitrogens with zero attached hydrogens (tertiary/aromatic N) is 2. The molecule has 1 saturated heterocycles. The van der Waals surface area contributed by atoms with Crippen molar-refractivity contribution in [2.75, 3.05) is 13.1 Å². The molecular weight excluding hydrogens is 396 g/mol. The molecule has 0 radical (unpaired) electrons. The van der Waals surface area contributed by atoms with Crippen LogP contribution in [0.15, 0.2) is 52.1 Å². The first-order chi connectivity index (χ1) is 15.0. The molecule has 1 aliphatic rings. The Labute approximate surface area is 178 Å². The van der Waals surface area contributed by atoms with Gasteiger partial charge in [-0.1, -0.05) is 12.1 Å². The van der Waals surface area contributed by atoms with E-state index in [2.05, 4.69) is 10.3 Å². The van der Waals surface area contributed by atoms with E-state index < -0.39 is 11.1 Å². The van der Waals surface area contributed by atoms with Gasteiger partial charge in [-0.15, -0.1) is 0 Å². The van der Waals surface area contributed by atoms with E-state index in [4.69, 9.17) is 0 Å². The summed E-state index contributed by atoms with van der Waals surface area (Å²) in [7, 11) is 0. The van der Waals surface area contributed by atoms with Crippen molar-refractivity contribution in [2.45, 2.75) is 32.9 Å². The van der Waals surface area contributed by atoms with Crippen molar-refractivity contribution in [3.05, 3.63) is 79.9 Å². The molecule has 4 rings (SSSR count). The van der Waals surface area contributed by atoms with E-state index in [-0.39, 0.29) is 18.4 Å². The normalized spacial score (nSPS) is 13.5. The minimum Gasteiger partial charge on any atom is -0.348 e. The highest BCUT2D eigenvalue weighted by Gasteiger charge is 2.19. The van der Waals surface area contributed by atoms with Crippen LogP contribution in [0.1, 0.15) is 46.0 Å². The fourth-order valence-corrected chi connectivity index (χ4v) is 3.94. The molecule has 0 spiro atoms. The van der Waals surface area contributed by atoms with E-state index >= 15 is 0 Å². The highest BCUT2D eigenvalue weighted by molar-refractivity contribution is 5.97. The maximum Gasteiger partial charge on any atom is 0.316 e. The minimum absolute atomic E-state index is 0.0196. The number of likely N-dealkylation sites (tertiary alicyclic amines) is 1. The molecule has 160 valence electrons. The average molecular weight is 420 g/mol. The number of nitrogens with one attached hydrogen (secondary N) is 2. The summed E-state index contributed by atoms with van der Waals surface area (Å²) < 4.78 is 1.37. The van der Waals surface area contributed by atoms with E-state index in [9.17, 15) is 19.2 Å². The van der Waals surface area contributed by atoms with E-state index in [1.165, 1.54) is 4.57 Å². The lowest BCUT2D eigenvalue weighted by molar-refractivity contribution is 0.0792. The van der Waals surface area contributed by atoms with Gasteiger partial charge in [0.25, 0.3) is 11.8 Å². The zero-order valence-electron chi connectivity index (χ0n) is 17.3. The van der Waals surface area contributed by atoms with Gasteiger partial charge in [0.05, 0.1) is 11.0 Å². The van der Waals surface area contributed by atoms with Gasteiger partial charge in [0.2, 0.25) is 0 Å². The topological polar surface area (TPSA) is 104 Å². The van der Waals surface area contributed by atoms with Gasteiger partial charge in [-0.05, 0) is 55.7 Å². The van der Waals surface area contributed by atoms with Gasteiger partial charge >= 0.3 is 11.1 Å². The second-order valence-electron chi connectivity index (χ2n) is 7.62. The summed E-state index contributed by atoms with van der Waals surface area (Å²) in [6.45, 7) is 3.98. The fourth-order valence-electron chi connectivity index (χ4n) is 3.94. The van der Waals surface area contributed by atoms with Crippen molar-refractivity contribution in [3.8, 4) is 0 Å². The zero-order chi connectivity index (χ0) is 22.0. The lowest BCUT2D eigenvalue weighted by atomic mass is 10.1. The van der Waals surface area contributed by atoms with Crippen molar-refractivity contribution >= 4 is 22.8 Å². The Kier molecular flexibility index (Phi) is 5.70. The van der Waals surface area contributed by atoms with Gasteiger partial charge in [0.1, 0.15) is 0 Å². The molecule has 3 aromatic rings. The highest BCUT2D eigenvalue weighted by Crippen LogP contribution is 2.15. The number of aromatic nitrogens is 2. The Morgan fingerprint density at radius 1 is 1.03 bits per heavy atom. The first-order valence-corrected chi connectivity index (χ1v) is 10.4. The van der Waals surface area contributed by atoms with Crippen molar-refractivity contribution in [2.24, 2.45) is 0 Å². The van der Waals surface area contributed by atoms with Gasteiger partial charge in [0, 0.05) is 37.3 Å². The Morgan fingerprint density at radius 2 is 1.81 bits per heavy atom. The summed E-state index contributed by atoms with van der Waals surface area (Å²) in [5, 5.41) is 2.85. The van der Waals surface area contributed by atoms with Crippen LogP contribution in [0.3, 0.4) is 0 Å². The van der Waals surface area contributed by atoms with Crippen LogP contribution in [0.4, 0.5) is 0 Å². The molecule has 1 aromatic heterocycles. The minimum atomic E-state index is -0.716. The highest BCUT2D eigenvalue weighted by atomic mass is 16.2. The maximum absolute atomic E-state index is 12.6. The number of hydrogen-bond donors (Lipinski definition) is 2. The summed E-state index contributed by atoms with van der Waals surface area (Å²) >= 11 is 0. The van der Waals surface area contributed by atoms with Crippen LogP contribution in [0.2, 0.25) is 0 Å². The van der Waals surface area contributed by atoms with Crippen LogP contribution in [-0.4, -0.2) is 39.4 Å². The van der Waals surface area contributed by atoms with Crippen LogP contribution >= 0.6 is 0 Å². The first kappa shape index (κ1) is 20.6. The number of fused-ring (bicyclic) bond motifs is 1. The van der Waals surface area contributed by atoms with Crippen LogP contribution in [-0.2, 0) is 13.1 Å². The predicted molar refractivity (Wildman–Crippen MR) is 117 cm³/mol. The molecule has 0 saturated carbocycles. The van der Waals surface area contributed by atoms with Crippen molar-refractivity contribution in [1.29, 1.82) is 0 Å². The molecule has 8 nitrogen and oxygen atoms in total. The van der Waals surface area contributed by atoms with E-state index in [0.29, 0.717) is 28.7 Å². The quantitative estimate of drug-likeness (QED) is 0.615. The Morgan fingerprint density at radius 3 is 2.55 bits per heavy atom. The second-order valence-corrected chi connectivity index (χ2v) is 7.62. The zero-order valence-corrected chi connectivity index (χ0v) is 17.3. The maximum atomic E-state index is 12.6. The average Bonchev–Trinajstić information content (AvgIpc) is 3.33. The number of hydrogen-bond acceptors (Lipinski definition) is 4.